The molecular weight excluding hydrogens is 184 g/mol. The minimum absolute atomic E-state index is 0.0471. The predicted octanol–water partition coefficient (Wildman–Crippen LogP) is 2.51. The van der Waals surface area contributed by atoms with Gasteiger partial charge in [-0.1, -0.05) is 18.2 Å². The quantitative estimate of drug-likeness (QED) is 0.750. The van der Waals surface area contributed by atoms with Crippen molar-refractivity contribution in [1.29, 1.82) is 0 Å². The van der Waals surface area contributed by atoms with Crippen LogP contribution in [0.15, 0.2) is 24.3 Å². The number of methoxy groups -OCH3 is 1. The highest BCUT2D eigenvalue weighted by atomic mass is 32.1. The zero-order valence-electron chi connectivity index (χ0n) is 7.49. The first kappa shape index (κ1) is 9.99. The van der Waals surface area contributed by atoms with Gasteiger partial charge in [-0.2, -0.15) is 0 Å². The fraction of sp³-hybridized carbons (Fsp3) is 0.300. The molecule has 0 atom stereocenters. The smallest absolute Gasteiger partial charge is 0.156 e. The molecule has 0 amide bonds. The fourth-order valence-corrected chi connectivity index (χ4v) is 1.25. The summed E-state index contributed by atoms with van der Waals surface area (Å²) in [5, 5.41) is 8.92. The molecule has 3 heteroatoms. The van der Waals surface area contributed by atoms with E-state index < -0.39 is 0 Å². The molecular formula is C10H12O2S. The SMILES string of the molecule is COc1ccccc1CCC(O)=S. The zero-order chi connectivity index (χ0) is 9.68. The molecule has 1 aromatic rings. The van der Waals surface area contributed by atoms with Crippen LogP contribution >= 0.6 is 12.2 Å². The average molecular weight is 196 g/mol. The molecule has 70 valence electrons. The van der Waals surface area contributed by atoms with Crippen LogP contribution in [0.1, 0.15) is 12.0 Å². The summed E-state index contributed by atoms with van der Waals surface area (Å²) in [5.41, 5.74) is 1.07. The number of para-hydroxylation sites is 1. The van der Waals surface area contributed by atoms with E-state index in [9.17, 15) is 0 Å². The molecule has 0 spiro atoms. The number of aryl methyl sites for hydroxylation is 1. The van der Waals surface area contributed by atoms with Crippen molar-refractivity contribution in [3.05, 3.63) is 29.8 Å². The van der Waals surface area contributed by atoms with Crippen LogP contribution in [-0.4, -0.2) is 17.3 Å². The van der Waals surface area contributed by atoms with E-state index in [-0.39, 0.29) is 5.05 Å². The summed E-state index contributed by atoms with van der Waals surface area (Å²) in [6, 6.07) is 7.73. The summed E-state index contributed by atoms with van der Waals surface area (Å²) in [6.07, 6.45) is 1.23. The highest BCUT2D eigenvalue weighted by Crippen LogP contribution is 2.18. The molecule has 0 heterocycles. The van der Waals surface area contributed by atoms with Crippen LogP contribution in [0.5, 0.6) is 5.75 Å². The van der Waals surface area contributed by atoms with Gasteiger partial charge in [0.05, 0.1) is 7.11 Å². The lowest BCUT2D eigenvalue weighted by atomic mass is 10.1. The van der Waals surface area contributed by atoms with Gasteiger partial charge in [0.1, 0.15) is 5.75 Å². The molecule has 0 aliphatic heterocycles. The number of ether oxygens (including phenoxy) is 1. The van der Waals surface area contributed by atoms with Crippen LogP contribution in [0.3, 0.4) is 0 Å². The maximum atomic E-state index is 8.87. The second-order valence-electron chi connectivity index (χ2n) is 2.71. The molecule has 2 nitrogen and oxygen atoms in total. The van der Waals surface area contributed by atoms with Gasteiger partial charge in [0.25, 0.3) is 0 Å². The highest BCUT2D eigenvalue weighted by Gasteiger charge is 2.01. The first-order valence-electron chi connectivity index (χ1n) is 4.07. The number of benzene rings is 1. The topological polar surface area (TPSA) is 29.5 Å². The summed E-state index contributed by atoms with van der Waals surface area (Å²) < 4.78 is 5.15. The summed E-state index contributed by atoms with van der Waals surface area (Å²) in [6.45, 7) is 0. The molecule has 1 N–H and O–H groups in total. The van der Waals surface area contributed by atoms with Crippen LogP contribution < -0.4 is 4.74 Å². The van der Waals surface area contributed by atoms with Crippen molar-refractivity contribution in [3.63, 3.8) is 0 Å². The Balaban J connectivity index is 2.69. The normalized spacial score (nSPS) is 9.62. The molecule has 0 aromatic heterocycles. The lowest BCUT2D eigenvalue weighted by Crippen LogP contribution is -1.97. The number of aliphatic hydroxyl groups is 1. The maximum Gasteiger partial charge on any atom is 0.156 e. The second-order valence-corrected chi connectivity index (χ2v) is 3.18. The van der Waals surface area contributed by atoms with Crippen molar-refractivity contribution < 1.29 is 9.84 Å². The average Bonchev–Trinajstić information content (AvgIpc) is 2.15. The van der Waals surface area contributed by atoms with E-state index in [4.69, 9.17) is 9.84 Å². The van der Waals surface area contributed by atoms with Crippen LogP contribution in [0.25, 0.3) is 0 Å². The Kier molecular flexibility index (Phi) is 3.71. The number of rotatable bonds is 4. The Bertz CT molecular complexity index is 297. The van der Waals surface area contributed by atoms with Crippen LogP contribution in [-0.2, 0) is 6.42 Å². The zero-order valence-corrected chi connectivity index (χ0v) is 8.30. The van der Waals surface area contributed by atoms with E-state index in [2.05, 4.69) is 12.2 Å². The Labute approximate surface area is 83.2 Å². The minimum Gasteiger partial charge on any atom is -0.502 e. The maximum absolute atomic E-state index is 8.87. The van der Waals surface area contributed by atoms with E-state index in [0.29, 0.717) is 6.42 Å². The molecule has 0 saturated heterocycles. The number of hydrogen-bond acceptors (Lipinski definition) is 2. The van der Waals surface area contributed by atoms with Crippen molar-refractivity contribution in [2.24, 2.45) is 0 Å². The van der Waals surface area contributed by atoms with E-state index >= 15 is 0 Å². The largest absolute Gasteiger partial charge is 0.502 e. The Morgan fingerprint density at radius 1 is 1.46 bits per heavy atom. The van der Waals surface area contributed by atoms with Crippen molar-refractivity contribution in [2.45, 2.75) is 12.8 Å². The third kappa shape index (κ3) is 3.03. The Morgan fingerprint density at radius 3 is 2.77 bits per heavy atom. The molecule has 0 unspecified atom stereocenters. The van der Waals surface area contributed by atoms with Gasteiger partial charge in [-0.15, -0.1) is 0 Å². The third-order valence-corrected chi connectivity index (χ3v) is 2.00. The molecule has 0 aliphatic carbocycles. The first-order chi connectivity index (χ1) is 6.24. The first-order valence-corrected chi connectivity index (χ1v) is 4.48. The molecule has 0 aliphatic rings. The van der Waals surface area contributed by atoms with Crippen LogP contribution in [0, 0.1) is 0 Å². The van der Waals surface area contributed by atoms with Gasteiger partial charge in [0.2, 0.25) is 0 Å². The number of hydrogen-bond donors (Lipinski definition) is 1. The van der Waals surface area contributed by atoms with Crippen molar-refractivity contribution in [3.8, 4) is 5.75 Å². The molecule has 13 heavy (non-hydrogen) atoms. The van der Waals surface area contributed by atoms with Crippen molar-refractivity contribution in [2.75, 3.05) is 7.11 Å². The summed E-state index contributed by atoms with van der Waals surface area (Å²) in [4.78, 5) is 0. The van der Waals surface area contributed by atoms with Gasteiger partial charge in [-0.3, -0.25) is 0 Å². The van der Waals surface area contributed by atoms with Crippen molar-refractivity contribution in [1.82, 2.24) is 0 Å². The number of thiocarbonyl (C=S) groups is 1. The summed E-state index contributed by atoms with van der Waals surface area (Å²) in [5.74, 6) is 0.846. The highest BCUT2D eigenvalue weighted by molar-refractivity contribution is 7.80. The van der Waals surface area contributed by atoms with Gasteiger partial charge in [-0.25, -0.2) is 0 Å². The molecule has 1 aromatic carbocycles. The Morgan fingerprint density at radius 2 is 2.15 bits per heavy atom. The number of aliphatic hydroxyl groups excluding tert-OH is 1. The third-order valence-electron chi connectivity index (χ3n) is 1.80. The summed E-state index contributed by atoms with van der Waals surface area (Å²) >= 11 is 4.59. The molecule has 0 bridgehead atoms. The summed E-state index contributed by atoms with van der Waals surface area (Å²) in [7, 11) is 1.64. The molecule has 1 rings (SSSR count). The van der Waals surface area contributed by atoms with E-state index in [0.717, 1.165) is 17.7 Å². The predicted molar refractivity (Wildman–Crippen MR) is 56.5 cm³/mol. The monoisotopic (exact) mass is 196 g/mol. The minimum atomic E-state index is 0.0471. The standard InChI is InChI=1S/C10H12O2S/c1-12-9-5-3-2-4-8(9)6-7-10(11)13/h2-5H,6-7H2,1H3,(H,11,13). The van der Waals surface area contributed by atoms with E-state index in [1.807, 2.05) is 24.3 Å². The van der Waals surface area contributed by atoms with E-state index in [1.165, 1.54) is 0 Å². The fourth-order valence-electron chi connectivity index (χ4n) is 1.15. The second kappa shape index (κ2) is 4.82. The molecule has 0 radical (unpaired) electrons. The van der Waals surface area contributed by atoms with E-state index in [1.54, 1.807) is 7.11 Å². The Hall–Kier alpha value is -1.09. The van der Waals surface area contributed by atoms with Gasteiger partial charge < -0.3 is 9.84 Å². The lowest BCUT2D eigenvalue weighted by Gasteiger charge is -2.06. The van der Waals surface area contributed by atoms with Gasteiger partial charge in [0.15, 0.2) is 5.05 Å². The van der Waals surface area contributed by atoms with Crippen LogP contribution in [0.4, 0.5) is 0 Å². The lowest BCUT2D eigenvalue weighted by molar-refractivity contribution is 0.409. The van der Waals surface area contributed by atoms with Crippen LogP contribution in [0.2, 0.25) is 0 Å². The molecule has 0 saturated carbocycles. The van der Waals surface area contributed by atoms with Gasteiger partial charge >= 0.3 is 0 Å². The van der Waals surface area contributed by atoms with Crippen molar-refractivity contribution >= 4 is 17.3 Å². The van der Waals surface area contributed by atoms with Gasteiger partial charge in [-0.05, 0) is 30.3 Å². The molecule has 0 fully saturated rings. The van der Waals surface area contributed by atoms with Gasteiger partial charge in [0, 0.05) is 6.42 Å².